The summed E-state index contributed by atoms with van der Waals surface area (Å²) in [5.74, 6) is -1.74. The Morgan fingerprint density at radius 1 is 1.03 bits per heavy atom. The number of fused-ring (bicyclic) bond motifs is 2. The van der Waals surface area contributed by atoms with Crippen LogP contribution >= 0.6 is 0 Å². The van der Waals surface area contributed by atoms with E-state index in [0.717, 1.165) is 16.8 Å². The number of pyridine rings is 1. The van der Waals surface area contributed by atoms with Gasteiger partial charge in [-0.25, -0.2) is 13.8 Å². The molecule has 0 atom stereocenters. The minimum atomic E-state index is -1.38. The van der Waals surface area contributed by atoms with E-state index in [4.69, 9.17) is 0 Å². The maximum atomic E-state index is 14.4. The van der Waals surface area contributed by atoms with Crippen molar-refractivity contribution in [2.45, 2.75) is 13.3 Å². The van der Waals surface area contributed by atoms with Gasteiger partial charge in [-0.05, 0) is 54.8 Å². The highest BCUT2D eigenvalue weighted by Crippen LogP contribution is 2.42. The average Bonchev–Trinajstić information content (AvgIpc) is 3.17. The van der Waals surface area contributed by atoms with E-state index in [9.17, 15) is 18.7 Å². The Labute approximate surface area is 177 Å². The van der Waals surface area contributed by atoms with Crippen molar-refractivity contribution >= 4 is 28.4 Å². The fourth-order valence-electron chi connectivity index (χ4n) is 4.43. The molecule has 3 aromatic carbocycles. The number of carbonyl (C=O) groups excluding carboxylic acids is 1. The molecule has 0 aliphatic carbocycles. The van der Waals surface area contributed by atoms with E-state index in [0.29, 0.717) is 35.4 Å². The van der Waals surface area contributed by atoms with Crippen molar-refractivity contribution in [2.24, 2.45) is 0 Å². The lowest BCUT2D eigenvalue weighted by Crippen LogP contribution is -2.26. The van der Waals surface area contributed by atoms with Crippen LogP contribution in [0.2, 0.25) is 0 Å². The largest absolute Gasteiger partial charge is 0.545 e. The standard InChI is InChI=1S/C25H18F2N2O2/c1-14-23(25(30)31)19-13-15(26)9-10-21(19)28-24(14)29-12-11-18-16(6-4-8-22(18)29)17-5-2-3-7-20(17)27/h2-10,13H,11-12H2,1H3,(H,30,31)/p-1. The highest BCUT2D eigenvalue weighted by molar-refractivity contribution is 6.04. The highest BCUT2D eigenvalue weighted by Gasteiger charge is 2.27. The molecule has 0 amide bonds. The second-order valence-corrected chi connectivity index (χ2v) is 7.57. The lowest BCUT2D eigenvalue weighted by molar-refractivity contribution is -0.254. The molecule has 4 aromatic rings. The van der Waals surface area contributed by atoms with Crippen molar-refractivity contribution in [3.8, 4) is 11.1 Å². The molecule has 0 bridgehead atoms. The van der Waals surface area contributed by atoms with Gasteiger partial charge in [-0.3, -0.25) is 0 Å². The first kappa shape index (κ1) is 19.2. The number of aromatic nitrogens is 1. The van der Waals surface area contributed by atoms with Gasteiger partial charge in [0.2, 0.25) is 0 Å². The lowest BCUT2D eigenvalue weighted by atomic mass is 9.97. The van der Waals surface area contributed by atoms with Crippen molar-refractivity contribution in [3.05, 3.63) is 89.0 Å². The zero-order valence-corrected chi connectivity index (χ0v) is 16.7. The summed E-state index contributed by atoms with van der Waals surface area (Å²) in [5, 5.41) is 12.1. The van der Waals surface area contributed by atoms with E-state index >= 15 is 0 Å². The van der Waals surface area contributed by atoms with E-state index in [1.165, 1.54) is 24.3 Å². The Morgan fingerprint density at radius 3 is 2.58 bits per heavy atom. The summed E-state index contributed by atoms with van der Waals surface area (Å²) in [6, 6.07) is 16.2. The SMILES string of the molecule is Cc1c(N2CCc3c(-c4ccccc4F)cccc32)nc2ccc(F)cc2c1C(=O)[O-]. The van der Waals surface area contributed by atoms with Crippen LogP contribution in [0, 0.1) is 18.6 Å². The molecule has 2 heterocycles. The summed E-state index contributed by atoms with van der Waals surface area (Å²) in [7, 11) is 0. The third-order valence-electron chi connectivity index (χ3n) is 5.82. The first-order valence-electron chi connectivity index (χ1n) is 9.91. The number of hydrogen-bond acceptors (Lipinski definition) is 4. The van der Waals surface area contributed by atoms with E-state index in [-0.39, 0.29) is 16.8 Å². The fourth-order valence-corrected chi connectivity index (χ4v) is 4.43. The minimum absolute atomic E-state index is 0.0711. The molecule has 1 aliphatic heterocycles. The average molecular weight is 415 g/mol. The number of anilines is 2. The summed E-state index contributed by atoms with van der Waals surface area (Å²) in [6.45, 7) is 2.21. The molecular formula is C25H17F2N2O2-. The highest BCUT2D eigenvalue weighted by atomic mass is 19.1. The number of aromatic carboxylic acids is 1. The number of carboxylic acid groups (broad SMARTS) is 1. The minimum Gasteiger partial charge on any atom is -0.545 e. The molecule has 0 radical (unpaired) electrons. The summed E-state index contributed by atoms with van der Waals surface area (Å²) < 4.78 is 28.2. The van der Waals surface area contributed by atoms with Crippen LogP contribution in [-0.2, 0) is 6.42 Å². The van der Waals surface area contributed by atoms with Gasteiger partial charge in [0, 0.05) is 34.3 Å². The van der Waals surface area contributed by atoms with Crippen LogP contribution < -0.4 is 10.0 Å². The normalized spacial score (nSPS) is 12.9. The van der Waals surface area contributed by atoms with E-state index in [2.05, 4.69) is 4.98 Å². The molecule has 31 heavy (non-hydrogen) atoms. The number of nitrogens with zero attached hydrogens (tertiary/aromatic N) is 2. The van der Waals surface area contributed by atoms with E-state index in [1.807, 2.05) is 23.1 Å². The van der Waals surface area contributed by atoms with Gasteiger partial charge in [-0.2, -0.15) is 0 Å². The van der Waals surface area contributed by atoms with E-state index in [1.54, 1.807) is 25.1 Å². The van der Waals surface area contributed by atoms with Crippen LogP contribution in [0.15, 0.2) is 60.7 Å². The van der Waals surface area contributed by atoms with Gasteiger partial charge in [0.1, 0.15) is 17.5 Å². The second-order valence-electron chi connectivity index (χ2n) is 7.57. The monoisotopic (exact) mass is 415 g/mol. The first-order valence-corrected chi connectivity index (χ1v) is 9.91. The number of halogens is 2. The molecule has 6 heteroatoms. The van der Waals surface area contributed by atoms with Gasteiger partial charge in [-0.15, -0.1) is 0 Å². The van der Waals surface area contributed by atoms with Crippen molar-refractivity contribution in [2.75, 3.05) is 11.4 Å². The number of carboxylic acids is 1. The maximum Gasteiger partial charge on any atom is 0.137 e. The molecule has 0 N–H and O–H groups in total. The molecule has 1 aromatic heterocycles. The summed E-state index contributed by atoms with van der Waals surface area (Å²) in [4.78, 5) is 18.5. The molecule has 0 spiro atoms. The van der Waals surface area contributed by atoms with Crippen LogP contribution in [0.5, 0.6) is 0 Å². The molecule has 0 saturated heterocycles. The zero-order valence-electron chi connectivity index (χ0n) is 16.7. The molecule has 1 aliphatic rings. The van der Waals surface area contributed by atoms with Crippen molar-refractivity contribution in [1.29, 1.82) is 0 Å². The van der Waals surface area contributed by atoms with Gasteiger partial charge in [0.15, 0.2) is 0 Å². The molecule has 5 rings (SSSR count). The third-order valence-corrected chi connectivity index (χ3v) is 5.82. The molecule has 4 nitrogen and oxygen atoms in total. The van der Waals surface area contributed by atoms with Gasteiger partial charge in [-0.1, -0.05) is 30.3 Å². The zero-order chi connectivity index (χ0) is 21.7. The molecule has 0 fully saturated rings. The van der Waals surface area contributed by atoms with Crippen LogP contribution in [0.3, 0.4) is 0 Å². The van der Waals surface area contributed by atoms with Crippen LogP contribution in [0.4, 0.5) is 20.3 Å². The molecule has 0 saturated carbocycles. The number of benzene rings is 3. The lowest BCUT2D eigenvalue weighted by Gasteiger charge is -2.24. The Balaban J connectivity index is 1.71. The maximum absolute atomic E-state index is 14.4. The van der Waals surface area contributed by atoms with Crippen LogP contribution in [0.1, 0.15) is 21.5 Å². The Bertz CT molecular complexity index is 1370. The fraction of sp³-hybridized carbons (Fsp3) is 0.120. The Hall–Kier alpha value is -3.80. The predicted octanol–water partition coefficient (Wildman–Crippen LogP) is 4.55. The number of hydrogen-bond donors (Lipinski definition) is 0. The predicted molar refractivity (Wildman–Crippen MR) is 113 cm³/mol. The topological polar surface area (TPSA) is 56.3 Å². The smallest absolute Gasteiger partial charge is 0.137 e. The van der Waals surface area contributed by atoms with Crippen molar-refractivity contribution in [1.82, 2.24) is 4.98 Å². The summed E-state index contributed by atoms with van der Waals surface area (Å²) in [6.07, 6.45) is 0.656. The van der Waals surface area contributed by atoms with Crippen molar-refractivity contribution in [3.63, 3.8) is 0 Å². The second kappa shape index (κ2) is 7.16. The van der Waals surface area contributed by atoms with Crippen molar-refractivity contribution < 1.29 is 18.7 Å². The third kappa shape index (κ3) is 3.03. The Kier molecular flexibility index (Phi) is 4.43. The van der Waals surface area contributed by atoms with Crippen LogP contribution in [-0.4, -0.2) is 17.5 Å². The van der Waals surface area contributed by atoms with E-state index < -0.39 is 11.8 Å². The Morgan fingerprint density at radius 2 is 1.81 bits per heavy atom. The summed E-state index contributed by atoms with van der Waals surface area (Å²) >= 11 is 0. The number of rotatable bonds is 3. The van der Waals surface area contributed by atoms with Gasteiger partial charge in [0.05, 0.1) is 11.5 Å². The van der Waals surface area contributed by atoms with Gasteiger partial charge in [0.25, 0.3) is 0 Å². The van der Waals surface area contributed by atoms with Crippen LogP contribution in [0.25, 0.3) is 22.0 Å². The number of carbonyl (C=O) groups is 1. The summed E-state index contributed by atoms with van der Waals surface area (Å²) in [5.41, 5.74) is 3.86. The van der Waals surface area contributed by atoms with Gasteiger partial charge < -0.3 is 14.8 Å². The quantitative estimate of drug-likeness (QED) is 0.493. The first-order chi connectivity index (χ1) is 15.0. The molecular weight excluding hydrogens is 398 g/mol. The van der Waals surface area contributed by atoms with Gasteiger partial charge >= 0.3 is 0 Å². The molecule has 0 unspecified atom stereocenters. The molecule has 154 valence electrons.